The van der Waals surface area contributed by atoms with Crippen LogP contribution in [0.25, 0.3) is 0 Å². The first-order valence-electron chi connectivity index (χ1n) is 10.7. The van der Waals surface area contributed by atoms with Crippen LogP contribution in [0.3, 0.4) is 0 Å². The molecule has 0 amide bonds. The van der Waals surface area contributed by atoms with Crippen LogP contribution < -0.4 is 4.90 Å². The summed E-state index contributed by atoms with van der Waals surface area (Å²) in [6.45, 7) is 2.63. The predicted molar refractivity (Wildman–Crippen MR) is 116 cm³/mol. The van der Waals surface area contributed by atoms with Gasteiger partial charge >= 0.3 is 5.97 Å². The predicted octanol–water partition coefficient (Wildman–Crippen LogP) is 4.55. The van der Waals surface area contributed by atoms with Gasteiger partial charge in [-0.15, -0.1) is 0 Å². The lowest BCUT2D eigenvalue weighted by Gasteiger charge is -2.33. The Balaban J connectivity index is 1.25. The molecule has 2 aromatic carbocycles. The molecule has 5 rings (SSSR count). The second-order valence-corrected chi connectivity index (χ2v) is 8.05. The number of anilines is 2. The van der Waals surface area contributed by atoms with E-state index in [0.29, 0.717) is 6.42 Å². The summed E-state index contributed by atoms with van der Waals surface area (Å²) in [5, 5.41) is 0. The molecule has 5 heteroatoms. The lowest BCUT2D eigenvalue weighted by atomic mass is 10.1. The van der Waals surface area contributed by atoms with Gasteiger partial charge in [0.15, 0.2) is 0 Å². The van der Waals surface area contributed by atoms with Crippen molar-refractivity contribution in [3.63, 3.8) is 0 Å². The molecule has 5 nitrogen and oxygen atoms in total. The molecule has 0 radical (unpaired) electrons. The number of fused-ring (bicyclic) bond motifs is 1. The summed E-state index contributed by atoms with van der Waals surface area (Å²) in [4.78, 5) is 17.7. The summed E-state index contributed by atoms with van der Waals surface area (Å²) in [6.07, 6.45) is 4.09. The highest BCUT2D eigenvalue weighted by molar-refractivity contribution is 5.88. The molecule has 1 unspecified atom stereocenters. The van der Waals surface area contributed by atoms with Crippen LogP contribution in [0.15, 0.2) is 77.4 Å². The molecule has 3 heterocycles. The normalized spacial score (nSPS) is 19.6. The maximum atomic E-state index is 13.2. The lowest BCUT2D eigenvalue weighted by molar-refractivity contribution is -0.152. The minimum atomic E-state index is -0.314. The van der Waals surface area contributed by atoms with E-state index in [1.165, 1.54) is 5.56 Å². The van der Waals surface area contributed by atoms with E-state index in [2.05, 4.69) is 34.1 Å². The van der Waals surface area contributed by atoms with Crippen molar-refractivity contribution in [2.75, 3.05) is 18.0 Å². The number of benzene rings is 2. The van der Waals surface area contributed by atoms with Crippen LogP contribution in [-0.4, -0.2) is 36.1 Å². The van der Waals surface area contributed by atoms with E-state index in [4.69, 9.17) is 9.15 Å². The first-order chi connectivity index (χ1) is 14.8. The molecule has 3 aromatic rings. The van der Waals surface area contributed by atoms with Gasteiger partial charge < -0.3 is 14.1 Å². The topological polar surface area (TPSA) is 45.9 Å². The van der Waals surface area contributed by atoms with Crippen molar-refractivity contribution >= 4 is 17.3 Å². The summed E-state index contributed by atoms with van der Waals surface area (Å²) in [5.74, 6) is 0.854. The number of rotatable bonds is 5. The van der Waals surface area contributed by atoms with Crippen molar-refractivity contribution in [1.82, 2.24) is 4.90 Å². The molecule has 0 bridgehead atoms. The highest BCUT2D eigenvalue weighted by atomic mass is 16.5. The Morgan fingerprint density at radius 1 is 0.967 bits per heavy atom. The van der Waals surface area contributed by atoms with E-state index in [1.807, 2.05) is 42.5 Å². The van der Waals surface area contributed by atoms with Gasteiger partial charge in [-0.05, 0) is 48.7 Å². The highest BCUT2D eigenvalue weighted by Crippen LogP contribution is 2.38. The maximum absolute atomic E-state index is 13.2. The van der Waals surface area contributed by atoms with Crippen molar-refractivity contribution in [2.45, 2.75) is 38.0 Å². The van der Waals surface area contributed by atoms with E-state index in [1.54, 1.807) is 6.26 Å². The number of hydrogen-bond acceptors (Lipinski definition) is 5. The van der Waals surface area contributed by atoms with Gasteiger partial charge in [-0.1, -0.05) is 36.4 Å². The molecule has 154 valence electrons. The van der Waals surface area contributed by atoms with Crippen molar-refractivity contribution < 1.29 is 13.9 Å². The minimum Gasteiger partial charge on any atom is -0.468 e. The van der Waals surface area contributed by atoms with Crippen LogP contribution in [0, 0.1) is 0 Å². The average Bonchev–Trinajstić information content (AvgIpc) is 3.43. The second kappa shape index (κ2) is 8.36. The third-order valence-electron chi connectivity index (χ3n) is 6.06. The van der Waals surface area contributed by atoms with Crippen molar-refractivity contribution in [1.29, 1.82) is 0 Å². The molecule has 2 aliphatic heterocycles. The molecule has 1 saturated heterocycles. The third kappa shape index (κ3) is 3.85. The first-order valence-corrected chi connectivity index (χ1v) is 10.7. The summed E-state index contributed by atoms with van der Waals surface area (Å²) < 4.78 is 11.5. The summed E-state index contributed by atoms with van der Waals surface area (Å²) in [6, 6.07) is 22.0. The fourth-order valence-corrected chi connectivity index (χ4v) is 4.53. The van der Waals surface area contributed by atoms with Gasteiger partial charge in [-0.25, -0.2) is 4.79 Å². The standard InChI is InChI=1S/C25H26N2O3/c28-25(30-21-12-14-26(15-13-21)18-22-10-6-16-29-22)24-17-19-7-4-5-11-23(19)27(24)20-8-2-1-3-9-20/h1-11,16,21,24H,12-15,17-18H2. The zero-order chi connectivity index (χ0) is 20.3. The molecule has 1 fully saturated rings. The fourth-order valence-electron chi connectivity index (χ4n) is 4.53. The molecule has 0 spiro atoms. The highest BCUT2D eigenvalue weighted by Gasteiger charge is 2.37. The number of ether oxygens (including phenoxy) is 1. The zero-order valence-corrected chi connectivity index (χ0v) is 16.9. The number of esters is 1. The fraction of sp³-hybridized carbons (Fsp3) is 0.320. The number of hydrogen-bond donors (Lipinski definition) is 0. The number of carbonyl (C=O) groups excluding carboxylic acids is 1. The summed E-state index contributed by atoms with van der Waals surface area (Å²) in [5.41, 5.74) is 3.31. The van der Waals surface area contributed by atoms with Crippen LogP contribution >= 0.6 is 0 Å². The van der Waals surface area contributed by atoms with Gasteiger partial charge in [-0.3, -0.25) is 4.90 Å². The largest absolute Gasteiger partial charge is 0.468 e. The molecular formula is C25H26N2O3. The van der Waals surface area contributed by atoms with Crippen LogP contribution in [0.4, 0.5) is 11.4 Å². The zero-order valence-electron chi connectivity index (χ0n) is 16.9. The van der Waals surface area contributed by atoms with Crippen molar-refractivity contribution in [3.8, 4) is 0 Å². The number of carbonyl (C=O) groups is 1. The Hall–Kier alpha value is -3.05. The smallest absolute Gasteiger partial charge is 0.329 e. The molecule has 1 aromatic heterocycles. The number of piperidine rings is 1. The SMILES string of the molecule is O=C(OC1CCN(Cc2ccco2)CC1)C1Cc2ccccc2N1c1ccccc1. The van der Waals surface area contributed by atoms with Crippen LogP contribution in [0.1, 0.15) is 24.2 Å². The van der Waals surface area contributed by atoms with E-state index in [9.17, 15) is 4.79 Å². The third-order valence-corrected chi connectivity index (χ3v) is 6.06. The van der Waals surface area contributed by atoms with E-state index < -0.39 is 0 Å². The van der Waals surface area contributed by atoms with E-state index in [-0.39, 0.29) is 18.1 Å². The number of furan rings is 1. The van der Waals surface area contributed by atoms with Crippen LogP contribution in [-0.2, 0) is 22.5 Å². The quantitative estimate of drug-likeness (QED) is 0.586. The van der Waals surface area contributed by atoms with Gasteiger partial charge in [0.1, 0.15) is 17.9 Å². The van der Waals surface area contributed by atoms with Gasteiger partial charge in [0.05, 0.1) is 12.8 Å². The molecular weight excluding hydrogens is 376 g/mol. The summed E-state index contributed by atoms with van der Waals surface area (Å²) in [7, 11) is 0. The number of nitrogens with zero attached hydrogens (tertiary/aromatic N) is 2. The minimum absolute atomic E-state index is 0.0216. The molecule has 0 N–H and O–H groups in total. The lowest BCUT2D eigenvalue weighted by Crippen LogP contribution is -2.42. The first kappa shape index (κ1) is 18.9. The Morgan fingerprint density at radius 3 is 2.50 bits per heavy atom. The number of likely N-dealkylation sites (tertiary alicyclic amines) is 1. The Morgan fingerprint density at radius 2 is 1.73 bits per heavy atom. The van der Waals surface area contributed by atoms with Gasteiger partial charge in [0.2, 0.25) is 0 Å². The van der Waals surface area contributed by atoms with E-state index in [0.717, 1.165) is 49.6 Å². The molecule has 0 aliphatic carbocycles. The molecule has 2 aliphatic rings. The van der Waals surface area contributed by atoms with Gasteiger partial charge in [0.25, 0.3) is 0 Å². The molecule has 1 atom stereocenters. The second-order valence-electron chi connectivity index (χ2n) is 8.05. The van der Waals surface area contributed by atoms with Gasteiger partial charge in [0, 0.05) is 30.9 Å². The maximum Gasteiger partial charge on any atom is 0.329 e. The van der Waals surface area contributed by atoms with Gasteiger partial charge in [-0.2, -0.15) is 0 Å². The Labute approximate surface area is 176 Å². The van der Waals surface area contributed by atoms with Crippen molar-refractivity contribution in [2.24, 2.45) is 0 Å². The van der Waals surface area contributed by atoms with Crippen LogP contribution in [0.5, 0.6) is 0 Å². The Bertz CT molecular complexity index is 979. The van der Waals surface area contributed by atoms with Crippen LogP contribution in [0.2, 0.25) is 0 Å². The monoisotopic (exact) mass is 402 g/mol. The van der Waals surface area contributed by atoms with E-state index >= 15 is 0 Å². The molecule has 0 saturated carbocycles. The molecule has 30 heavy (non-hydrogen) atoms. The average molecular weight is 402 g/mol. The summed E-state index contributed by atoms with van der Waals surface area (Å²) >= 11 is 0. The Kier molecular flexibility index (Phi) is 5.28. The van der Waals surface area contributed by atoms with Crippen molar-refractivity contribution in [3.05, 3.63) is 84.3 Å². The number of para-hydroxylation sites is 2.